The Morgan fingerprint density at radius 2 is 1.95 bits per heavy atom. The van der Waals surface area contributed by atoms with Crippen LogP contribution in [-0.2, 0) is 6.54 Å². The van der Waals surface area contributed by atoms with Crippen LogP contribution in [0.5, 0.6) is 0 Å². The molecule has 2 rings (SSSR count). The molecule has 1 unspecified atom stereocenters. The molecule has 1 aromatic rings. The molecular weight excluding hydrogens is 236 g/mol. The molecule has 1 atom stereocenters. The van der Waals surface area contributed by atoms with Crippen LogP contribution in [0.2, 0.25) is 0 Å². The van der Waals surface area contributed by atoms with Gasteiger partial charge >= 0.3 is 0 Å². The van der Waals surface area contributed by atoms with Crippen molar-refractivity contribution < 1.29 is 0 Å². The van der Waals surface area contributed by atoms with Gasteiger partial charge < -0.3 is 9.88 Å². The number of hydrogen-bond acceptors (Lipinski definition) is 2. The van der Waals surface area contributed by atoms with Gasteiger partial charge in [0, 0.05) is 37.1 Å². The largest absolute Gasteiger partial charge is 0.352 e. The zero-order chi connectivity index (χ0) is 13.5. The van der Waals surface area contributed by atoms with Crippen molar-refractivity contribution in [3.05, 3.63) is 34.7 Å². The van der Waals surface area contributed by atoms with E-state index in [0.717, 1.165) is 19.0 Å². The fraction of sp³-hybridized carbons (Fsp3) is 0.688. The summed E-state index contributed by atoms with van der Waals surface area (Å²) >= 11 is 0. The number of nitrogens with zero attached hydrogens (tertiary/aromatic N) is 1. The summed E-state index contributed by atoms with van der Waals surface area (Å²) in [6, 6.07) is 3.85. The Bertz CT molecular complexity index is 401. The number of rotatable bonds is 6. The van der Waals surface area contributed by atoms with E-state index in [4.69, 9.17) is 0 Å². The molecule has 1 aromatic heterocycles. The molecule has 1 aliphatic rings. The summed E-state index contributed by atoms with van der Waals surface area (Å²) in [5.74, 6) is 0.791. The summed E-state index contributed by atoms with van der Waals surface area (Å²) in [7, 11) is 0. The molecule has 0 bridgehead atoms. The van der Waals surface area contributed by atoms with Crippen molar-refractivity contribution in [1.29, 1.82) is 0 Å². The monoisotopic (exact) mass is 262 g/mol. The molecule has 0 aliphatic heterocycles. The number of aromatic nitrogens is 1. The van der Waals surface area contributed by atoms with E-state index in [1.165, 1.54) is 38.5 Å². The molecule has 1 aliphatic carbocycles. The topological polar surface area (TPSA) is 34.0 Å². The van der Waals surface area contributed by atoms with Gasteiger partial charge in [0.2, 0.25) is 0 Å². The highest BCUT2D eigenvalue weighted by Crippen LogP contribution is 2.27. The minimum absolute atomic E-state index is 0.0898. The van der Waals surface area contributed by atoms with Gasteiger partial charge in [-0.25, -0.2) is 0 Å². The van der Waals surface area contributed by atoms with Crippen LogP contribution in [0.4, 0.5) is 0 Å². The molecule has 0 aromatic carbocycles. The van der Waals surface area contributed by atoms with Crippen molar-refractivity contribution in [3.63, 3.8) is 0 Å². The van der Waals surface area contributed by atoms with Crippen molar-refractivity contribution in [3.8, 4) is 0 Å². The minimum Gasteiger partial charge on any atom is -0.352 e. The van der Waals surface area contributed by atoms with Crippen LogP contribution in [-0.4, -0.2) is 17.2 Å². The van der Waals surface area contributed by atoms with Gasteiger partial charge in [-0.1, -0.05) is 26.2 Å². The van der Waals surface area contributed by atoms with E-state index in [1.54, 1.807) is 12.1 Å². The predicted octanol–water partition coefficient (Wildman–Crippen LogP) is 2.80. The lowest BCUT2D eigenvalue weighted by Gasteiger charge is -2.31. The molecule has 0 radical (unpaired) electrons. The second-order valence-electron chi connectivity index (χ2n) is 5.69. The SMILES string of the molecule is CCCNC(Cn1ccc(=O)cc1)C1CCCCC1. The summed E-state index contributed by atoms with van der Waals surface area (Å²) in [4.78, 5) is 11.2. The molecule has 0 spiro atoms. The quantitative estimate of drug-likeness (QED) is 0.855. The first kappa shape index (κ1) is 14.3. The highest BCUT2D eigenvalue weighted by molar-refractivity contribution is 4.94. The maximum absolute atomic E-state index is 11.2. The predicted molar refractivity (Wildman–Crippen MR) is 79.4 cm³/mol. The van der Waals surface area contributed by atoms with Crippen LogP contribution < -0.4 is 10.7 Å². The lowest BCUT2D eigenvalue weighted by molar-refractivity contribution is 0.248. The van der Waals surface area contributed by atoms with Crippen LogP contribution in [0.25, 0.3) is 0 Å². The summed E-state index contributed by atoms with van der Waals surface area (Å²) in [6.45, 7) is 4.27. The first-order valence-electron chi connectivity index (χ1n) is 7.69. The van der Waals surface area contributed by atoms with E-state index < -0.39 is 0 Å². The molecule has 106 valence electrons. The van der Waals surface area contributed by atoms with Gasteiger partial charge in [-0.3, -0.25) is 4.79 Å². The Hall–Kier alpha value is -1.09. The molecule has 0 saturated heterocycles. The lowest BCUT2D eigenvalue weighted by Crippen LogP contribution is -2.41. The molecule has 1 heterocycles. The van der Waals surface area contributed by atoms with E-state index in [2.05, 4.69) is 16.8 Å². The van der Waals surface area contributed by atoms with Gasteiger partial charge in [0.05, 0.1) is 0 Å². The van der Waals surface area contributed by atoms with E-state index >= 15 is 0 Å². The van der Waals surface area contributed by atoms with Crippen molar-refractivity contribution in [1.82, 2.24) is 9.88 Å². The highest BCUT2D eigenvalue weighted by Gasteiger charge is 2.23. The van der Waals surface area contributed by atoms with Crippen LogP contribution in [0, 0.1) is 5.92 Å². The van der Waals surface area contributed by atoms with E-state index in [0.29, 0.717) is 6.04 Å². The fourth-order valence-electron chi connectivity index (χ4n) is 3.04. The smallest absolute Gasteiger partial charge is 0.181 e. The lowest BCUT2D eigenvalue weighted by atomic mass is 9.83. The van der Waals surface area contributed by atoms with Crippen LogP contribution >= 0.6 is 0 Å². The second-order valence-corrected chi connectivity index (χ2v) is 5.69. The molecular formula is C16H26N2O. The molecule has 1 fully saturated rings. The average molecular weight is 262 g/mol. The Kier molecular flexibility index (Phi) is 5.64. The Balaban J connectivity index is 1.99. The number of pyridine rings is 1. The van der Waals surface area contributed by atoms with Crippen LogP contribution in [0.15, 0.2) is 29.3 Å². The zero-order valence-electron chi connectivity index (χ0n) is 12.0. The Labute approximate surface area is 116 Å². The first-order chi connectivity index (χ1) is 9.29. The van der Waals surface area contributed by atoms with Gasteiger partial charge in [0.1, 0.15) is 0 Å². The van der Waals surface area contributed by atoms with Gasteiger partial charge in [-0.05, 0) is 31.7 Å². The third kappa shape index (κ3) is 4.50. The fourth-order valence-corrected chi connectivity index (χ4v) is 3.04. The Morgan fingerprint density at radius 1 is 1.26 bits per heavy atom. The van der Waals surface area contributed by atoms with E-state index in [9.17, 15) is 4.79 Å². The van der Waals surface area contributed by atoms with E-state index in [-0.39, 0.29) is 5.43 Å². The van der Waals surface area contributed by atoms with Crippen LogP contribution in [0.3, 0.4) is 0 Å². The number of nitrogens with one attached hydrogen (secondary N) is 1. The summed E-state index contributed by atoms with van der Waals surface area (Å²) in [6.07, 6.45) is 11.8. The summed E-state index contributed by atoms with van der Waals surface area (Å²) in [5, 5.41) is 3.70. The molecule has 3 heteroatoms. The molecule has 1 N–H and O–H groups in total. The first-order valence-corrected chi connectivity index (χ1v) is 7.69. The van der Waals surface area contributed by atoms with Gasteiger partial charge in [-0.15, -0.1) is 0 Å². The molecule has 19 heavy (non-hydrogen) atoms. The maximum Gasteiger partial charge on any atom is 0.181 e. The number of hydrogen-bond donors (Lipinski definition) is 1. The Morgan fingerprint density at radius 3 is 2.58 bits per heavy atom. The van der Waals surface area contributed by atoms with Gasteiger partial charge in [0.15, 0.2) is 5.43 Å². The third-order valence-corrected chi connectivity index (χ3v) is 4.14. The molecule has 3 nitrogen and oxygen atoms in total. The highest BCUT2D eigenvalue weighted by atomic mass is 16.1. The molecule has 0 amide bonds. The zero-order valence-corrected chi connectivity index (χ0v) is 12.0. The minimum atomic E-state index is 0.0898. The van der Waals surface area contributed by atoms with Gasteiger partial charge in [0.25, 0.3) is 0 Å². The summed E-state index contributed by atoms with van der Waals surface area (Å²) < 4.78 is 2.14. The van der Waals surface area contributed by atoms with Crippen molar-refractivity contribution in [2.24, 2.45) is 5.92 Å². The van der Waals surface area contributed by atoms with Gasteiger partial charge in [-0.2, -0.15) is 0 Å². The molecule has 1 saturated carbocycles. The third-order valence-electron chi connectivity index (χ3n) is 4.14. The standard InChI is InChI=1S/C16H26N2O/c1-2-10-17-16(14-6-4-3-5-7-14)13-18-11-8-15(19)9-12-18/h8-9,11-12,14,16-17H,2-7,10,13H2,1H3. The maximum atomic E-state index is 11.2. The summed E-state index contributed by atoms with van der Waals surface area (Å²) in [5.41, 5.74) is 0.0898. The van der Waals surface area contributed by atoms with Crippen molar-refractivity contribution >= 4 is 0 Å². The normalized spacial score (nSPS) is 18.4. The van der Waals surface area contributed by atoms with Crippen molar-refractivity contribution in [2.75, 3.05) is 6.54 Å². The van der Waals surface area contributed by atoms with E-state index in [1.807, 2.05) is 12.4 Å². The van der Waals surface area contributed by atoms with Crippen molar-refractivity contribution in [2.45, 2.75) is 58.0 Å². The van der Waals surface area contributed by atoms with Crippen LogP contribution in [0.1, 0.15) is 45.4 Å². The average Bonchev–Trinajstić information content (AvgIpc) is 2.46. The second kappa shape index (κ2) is 7.49.